The highest BCUT2D eigenvalue weighted by Crippen LogP contribution is 2.45. The van der Waals surface area contributed by atoms with Gasteiger partial charge in [0.2, 0.25) is 0 Å². The van der Waals surface area contributed by atoms with Crippen molar-refractivity contribution in [1.29, 1.82) is 0 Å². The first-order valence-electron chi connectivity index (χ1n) is 39.8. The van der Waals surface area contributed by atoms with Crippen LogP contribution < -0.4 is 0 Å². The van der Waals surface area contributed by atoms with E-state index in [9.17, 15) is 43.2 Å². The molecule has 0 radical (unpaired) electrons. The number of rotatable bonds is 74. The van der Waals surface area contributed by atoms with Crippen molar-refractivity contribution in [1.82, 2.24) is 0 Å². The predicted molar refractivity (Wildman–Crippen MR) is 391 cm³/mol. The fraction of sp³-hybridized carbons (Fsp3) is 0.948. The third-order valence-corrected chi connectivity index (χ3v) is 20.4. The van der Waals surface area contributed by atoms with Crippen molar-refractivity contribution < 1.29 is 80.2 Å². The van der Waals surface area contributed by atoms with Gasteiger partial charge in [0.05, 0.1) is 26.4 Å². The molecular weight excluding hydrogens is 1260 g/mol. The minimum absolute atomic E-state index is 0.106. The minimum atomic E-state index is -4.96. The lowest BCUT2D eigenvalue weighted by atomic mass is 9.99. The molecule has 0 aliphatic carbocycles. The monoisotopic (exact) mass is 1410 g/mol. The molecule has 0 spiro atoms. The van der Waals surface area contributed by atoms with Crippen molar-refractivity contribution in [3.63, 3.8) is 0 Å². The van der Waals surface area contributed by atoms with Crippen molar-refractivity contribution in [3.8, 4) is 0 Å². The zero-order valence-electron chi connectivity index (χ0n) is 63.0. The molecule has 0 saturated carbocycles. The van der Waals surface area contributed by atoms with Crippen molar-refractivity contribution in [2.45, 2.75) is 408 Å². The quantitative estimate of drug-likeness (QED) is 0.0222. The van der Waals surface area contributed by atoms with Crippen LogP contribution in [0.15, 0.2) is 0 Å². The molecule has 4 unspecified atom stereocenters. The van der Waals surface area contributed by atoms with Crippen LogP contribution >= 0.6 is 15.6 Å². The number of hydrogen-bond donors (Lipinski definition) is 3. The van der Waals surface area contributed by atoms with Gasteiger partial charge in [-0.1, -0.05) is 338 Å². The van der Waals surface area contributed by atoms with E-state index < -0.39 is 97.5 Å². The number of unbranched alkanes of at least 4 members (excludes halogenated alkanes) is 38. The van der Waals surface area contributed by atoms with Crippen LogP contribution in [-0.2, 0) is 65.4 Å². The maximum Gasteiger partial charge on any atom is 0.472 e. The molecular formula is C77H150O17P2. The average Bonchev–Trinajstić information content (AvgIpc) is 1.15. The van der Waals surface area contributed by atoms with E-state index in [0.717, 1.165) is 120 Å². The Kier molecular flexibility index (Phi) is 65.0. The Hall–Kier alpha value is -1.94. The van der Waals surface area contributed by atoms with E-state index >= 15 is 0 Å². The van der Waals surface area contributed by atoms with Crippen LogP contribution in [0.5, 0.6) is 0 Å². The van der Waals surface area contributed by atoms with Crippen molar-refractivity contribution in [3.05, 3.63) is 0 Å². The number of aliphatic hydroxyl groups excluding tert-OH is 1. The van der Waals surface area contributed by atoms with E-state index in [1.165, 1.54) is 186 Å². The standard InChI is InChI=1S/C77H150O17P2/c1-9-69(7)55-47-39-31-27-28-32-41-49-57-74(79)87-63-72(93-76(81)60-52-44-34-26-22-18-14-16-20-24-30-38-46-54-68(5)6)65-91-95(83,84)89-61-71(78)62-90-96(85,86)92-66-73(64-88-75(80)58-50-42-36-35-40-48-56-70(8)10-2)94-77(82)59-51-43-33-25-21-17-13-11-12-15-19-23-29-37-45-53-67(3)4/h67-73,78H,9-66H2,1-8H3,(H,83,84)(H,85,86)/t69?,70?,71-,72-,73-/m1/s1. The Bertz CT molecular complexity index is 1890. The molecule has 0 bridgehead atoms. The fourth-order valence-electron chi connectivity index (χ4n) is 11.7. The number of phosphoric acid groups is 2. The predicted octanol–water partition coefficient (Wildman–Crippen LogP) is 22.4. The molecule has 570 valence electrons. The minimum Gasteiger partial charge on any atom is -0.462 e. The molecule has 17 nitrogen and oxygen atoms in total. The van der Waals surface area contributed by atoms with Gasteiger partial charge < -0.3 is 33.8 Å². The molecule has 0 aromatic carbocycles. The van der Waals surface area contributed by atoms with Gasteiger partial charge in [0, 0.05) is 25.7 Å². The van der Waals surface area contributed by atoms with Gasteiger partial charge in [-0.05, 0) is 49.4 Å². The van der Waals surface area contributed by atoms with Crippen LogP contribution in [0.3, 0.4) is 0 Å². The number of carbonyl (C=O) groups is 4. The lowest BCUT2D eigenvalue weighted by molar-refractivity contribution is -0.161. The second-order valence-corrected chi connectivity index (χ2v) is 32.1. The Morgan fingerprint density at radius 3 is 0.740 bits per heavy atom. The summed E-state index contributed by atoms with van der Waals surface area (Å²) in [7, 11) is -9.92. The first-order valence-corrected chi connectivity index (χ1v) is 42.8. The zero-order valence-corrected chi connectivity index (χ0v) is 64.8. The molecule has 0 aliphatic heterocycles. The first-order chi connectivity index (χ1) is 46.2. The van der Waals surface area contributed by atoms with E-state index in [1.54, 1.807) is 0 Å². The highest BCUT2D eigenvalue weighted by atomic mass is 31.2. The normalized spacial score (nSPS) is 14.7. The van der Waals surface area contributed by atoms with Crippen molar-refractivity contribution in [2.75, 3.05) is 39.6 Å². The van der Waals surface area contributed by atoms with E-state index in [1.807, 2.05) is 0 Å². The Morgan fingerprint density at radius 1 is 0.292 bits per heavy atom. The van der Waals surface area contributed by atoms with Gasteiger partial charge in [-0.15, -0.1) is 0 Å². The number of aliphatic hydroxyl groups is 1. The summed E-state index contributed by atoms with van der Waals surface area (Å²) in [6.45, 7) is 14.2. The van der Waals surface area contributed by atoms with Crippen LogP contribution in [0.4, 0.5) is 0 Å². The number of hydrogen-bond acceptors (Lipinski definition) is 15. The topological polar surface area (TPSA) is 237 Å². The highest BCUT2D eigenvalue weighted by molar-refractivity contribution is 7.47. The van der Waals surface area contributed by atoms with E-state index in [4.69, 9.17) is 37.0 Å². The van der Waals surface area contributed by atoms with Gasteiger partial charge in [-0.3, -0.25) is 37.3 Å². The largest absolute Gasteiger partial charge is 0.472 e. The van der Waals surface area contributed by atoms with Gasteiger partial charge in [-0.2, -0.15) is 0 Å². The van der Waals surface area contributed by atoms with Crippen molar-refractivity contribution in [2.24, 2.45) is 23.7 Å². The molecule has 7 atom stereocenters. The lowest BCUT2D eigenvalue weighted by Gasteiger charge is -2.21. The molecule has 0 amide bonds. The number of phosphoric ester groups is 2. The smallest absolute Gasteiger partial charge is 0.462 e. The van der Waals surface area contributed by atoms with Gasteiger partial charge in [0.1, 0.15) is 19.3 Å². The fourth-order valence-corrected chi connectivity index (χ4v) is 13.2. The summed E-state index contributed by atoms with van der Waals surface area (Å²) < 4.78 is 68.6. The summed E-state index contributed by atoms with van der Waals surface area (Å²) in [6, 6.07) is 0. The Balaban J connectivity index is 5.24. The van der Waals surface area contributed by atoms with Crippen LogP contribution in [0.2, 0.25) is 0 Å². The van der Waals surface area contributed by atoms with Crippen LogP contribution in [-0.4, -0.2) is 96.7 Å². The van der Waals surface area contributed by atoms with E-state index in [0.29, 0.717) is 25.7 Å². The number of carbonyl (C=O) groups excluding carboxylic acids is 4. The van der Waals surface area contributed by atoms with Gasteiger partial charge in [-0.25, -0.2) is 9.13 Å². The van der Waals surface area contributed by atoms with Crippen LogP contribution in [0.25, 0.3) is 0 Å². The molecule has 0 saturated heterocycles. The molecule has 0 aromatic heterocycles. The second-order valence-electron chi connectivity index (χ2n) is 29.2. The molecule has 0 aromatic rings. The molecule has 96 heavy (non-hydrogen) atoms. The lowest BCUT2D eigenvalue weighted by Crippen LogP contribution is -2.30. The summed E-state index contributed by atoms with van der Waals surface area (Å²) in [5.74, 6) is 0.977. The maximum absolute atomic E-state index is 13.1. The second kappa shape index (κ2) is 66.3. The third-order valence-electron chi connectivity index (χ3n) is 18.5. The molecule has 0 rings (SSSR count). The summed E-state index contributed by atoms with van der Waals surface area (Å²) in [5, 5.41) is 10.6. The summed E-state index contributed by atoms with van der Waals surface area (Å²) in [5.41, 5.74) is 0. The first kappa shape index (κ1) is 94.1. The van der Waals surface area contributed by atoms with E-state index in [-0.39, 0.29) is 25.7 Å². The Labute approximate surface area is 588 Å². The Morgan fingerprint density at radius 2 is 0.500 bits per heavy atom. The average molecular weight is 1410 g/mol. The van der Waals surface area contributed by atoms with Gasteiger partial charge in [0.15, 0.2) is 12.2 Å². The van der Waals surface area contributed by atoms with Gasteiger partial charge >= 0.3 is 39.5 Å². The number of ether oxygens (including phenoxy) is 4. The SMILES string of the molecule is CCC(C)CCCCCCCCCCC(=O)OC[C@H](COP(=O)(O)OC[C@@H](O)COP(=O)(O)OC[C@@H](COC(=O)CCCCCCCCC(C)CC)OC(=O)CCCCCCCCCCCCCCCCCC(C)C)OC(=O)CCCCCCCCCCCCCCCC(C)C. The van der Waals surface area contributed by atoms with E-state index in [2.05, 4.69) is 55.4 Å². The molecule has 0 fully saturated rings. The molecule has 3 N–H and O–H groups in total. The molecule has 19 heteroatoms. The summed E-state index contributed by atoms with van der Waals surface area (Å²) in [4.78, 5) is 72.9. The summed E-state index contributed by atoms with van der Waals surface area (Å²) in [6.07, 6.45) is 51.3. The highest BCUT2D eigenvalue weighted by Gasteiger charge is 2.30. The van der Waals surface area contributed by atoms with Gasteiger partial charge in [0.25, 0.3) is 0 Å². The zero-order chi connectivity index (χ0) is 71.0. The number of esters is 4. The van der Waals surface area contributed by atoms with Crippen molar-refractivity contribution >= 4 is 39.5 Å². The third kappa shape index (κ3) is 67.9. The maximum atomic E-state index is 13.1. The molecule has 0 aliphatic rings. The molecule has 0 heterocycles. The van der Waals surface area contributed by atoms with Crippen LogP contribution in [0, 0.1) is 23.7 Å². The summed E-state index contributed by atoms with van der Waals surface area (Å²) >= 11 is 0. The van der Waals surface area contributed by atoms with Crippen LogP contribution in [0.1, 0.15) is 389 Å².